The normalized spacial score (nSPS) is 17.6. The Kier molecular flexibility index (Phi) is 3.99. The Morgan fingerprint density at radius 2 is 1.95 bits per heavy atom. The van der Waals surface area contributed by atoms with Gasteiger partial charge >= 0.3 is 5.97 Å². The minimum absolute atomic E-state index is 0.246. The fraction of sp³-hybridized carbons (Fsp3) is 0.471. The van der Waals surface area contributed by atoms with Gasteiger partial charge < -0.3 is 14.4 Å². The van der Waals surface area contributed by atoms with Gasteiger partial charge in [-0.25, -0.2) is 4.79 Å². The van der Waals surface area contributed by atoms with Gasteiger partial charge in [-0.3, -0.25) is 0 Å². The van der Waals surface area contributed by atoms with E-state index >= 15 is 0 Å². The molecule has 114 valence electrons. The van der Waals surface area contributed by atoms with E-state index in [9.17, 15) is 4.79 Å². The summed E-state index contributed by atoms with van der Waals surface area (Å²) in [5.74, 6) is 0.533. The molecule has 0 saturated heterocycles. The maximum absolute atomic E-state index is 12.0. The Morgan fingerprint density at radius 3 is 2.52 bits per heavy atom. The van der Waals surface area contributed by atoms with Crippen LogP contribution in [0, 0.1) is 0 Å². The van der Waals surface area contributed by atoms with Gasteiger partial charge in [0, 0.05) is 17.3 Å². The first kappa shape index (κ1) is 15.4. The fourth-order valence-corrected chi connectivity index (χ4v) is 3.14. The molecule has 1 aliphatic rings. The maximum atomic E-state index is 12.0. The van der Waals surface area contributed by atoms with Gasteiger partial charge in [-0.05, 0) is 45.4 Å². The van der Waals surface area contributed by atoms with Gasteiger partial charge in [-0.2, -0.15) is 0 Å². The van der Waals surface area contributed by atoms with E-state index in [0.717, 1.165) is 17.0 Å². The second kappa shape index (κ2) is 5.43. The quantitative estimate of drug-likeness (QED) is 0.801. The molecule has 0 bridgehead atoms. The molecule has 0 aliphatic carbocycles. The smallest absolute Gasteiger partial charge is 0.328 e. The predicted molar refractivity (Wildman–Crippen MR) is 84.7 cm³/mol. The molecule has 0 radical (unpaired) electrons. The maximum Gasteiger partial charge on any atom is 0.328 e. The van der Waals surface area contributed by atoms with E-state index in [1.54, 1.807) is 7.11 Å². The largest absolute Gasteiger partial charge is 0.497 e. The molecule has 2 rings (SSSR count). The number of hydrogen-bond donors (Lipinski definition) is 0. The average Bonchev–Trinajstić information content (AvgIpc) is 2.44. The van der Waals surface area contributed by atoms with Crippen molar-refractivity contribution in [3.63, 3.8) is 0 Å². The fourth-order valence-electron chi connectivity index (χ4n) is 3.14. The zero-order chi connectivity index (χ0) is 15.8. The summed E-state index contributed by atoms with van der Waals surface area (Å²) in [5.41, 5.74) is 3.03. The first-order chi connectivity index (χ1) is 9.81. The van der Waals surface area contributed by atoms with Crippen LogP contribution in [0.15, 0.2) is 24.3 Å². The number of allylic oxidation sites excluding steroid dienone is 1. The number of nitrogens with zero attached hydrogens (tertiary/aromatic N) is 1. The molecule has 4 nitrogen and oxygen atoms in total. The van der Waals surface area contributed by atoms with Crippen LogP contribution in [-0.2, 0) is 9.53 Å². The van der Waals surface area contributed by atoms with Crippen molar-refractivity contribution < 1.29 is 14.3 Å². The number of ether oxygens (including phenoxy) is 2. The molecule has 1 aromatic carbocycles. The Balaban J connectivity index is 2.61. The number of carbonyl (C=O) groups is 1. The molecule has 0 amide bonds. The van der Waals surface area contributed by atoms with Crippen LogP contribution in [0.2, 0.25) is 0 Å². The number of rotatable bonds is 3. The number of benzene rings is 1. The summed E-state index contributed by atoms with van der Waals surface area (Å²) in [6.07, 6.45) is 2.18. The second-order valence-electron chi connectivity index (χ2n) is 5.93. The summed E-state index contributed by atoms with van der Waals surface area (Å²) in [7, 11) is 3.07. The van der Waals surface area contributed by atoms with Crippen molar-refractivity contribution in [1.82, 2.24) is 0 Å². The third-order valence-electron chi connectivity index (χ3n) is 4.01. The standard InChI is InChI=1S/C17H23NO3/c1-11-10-17(3,4)18(12(2)16(19)21-6)15-9-13(20-5)7-8-14(11)15/h7-10,12H,1-6H3/t12-/m1/s1. The number of carbonyl (C=O) groups excluding carboxylic acids is 1. The van der Waals surface area contributed by atoms with Gasteiger partial charge in [0.25, 0.3) is 0 Å². The topological polar surface area (TPSA) is 38.8 Å². The predicted octanol–water partition coefficient (Wildman–Crippen LogP) is 3.26. The van der Waals surface area contributed by atoms with Crippen molar-refractivity contribution in [3.05, 3.63) is 29.8 Å². The molecule has 1 atom stereocenters. The van der Waals surface area contributed by atoms with E-state index < -0.39 is 0 Å². The van der Waals surface area contributed by atoms with Crippen molar-refractivity contribution in [2.45, 2.75) is 39.3 Å². The van der Waals surface area contributed by atoms with Gasteiger partial charge in [-0.15, -0.1) is 0 Å². The molecular formula is C17H23NO3. The SMILES string of the molecule is COC(=O)[C@@H](C)N1c2cc(OC)ccc2C(C)=CC1(C)C. The molecule has 0 N–H and O–H groups in total. The Bertz CT molecular complexity index is 590. The molecule has 1 aromatic rings. The van der Waals surface area contributed by atoms with E-state index in [0.29, 0.717) is 0 Å². The highest BCUT2D eigenvalue weighted by Crippen LogP contribution is 2.41. The van der Waals surface area contributed by atoms with Crippen LogP contribution in [-0.4, -0.2) is 31.8 Å². The first-order valence-corrected chi connectivity index (χ1v) is 7.07. The zero-order valence-electron chi connectivity index (χ0n) is 13.6. The first-order valence-electron chi connectivity index (χ1n) is 7.07. The summed E-state index contributed by atoms with van der Waals surface area (Å²) >= 11 is 0. The lowest BCUT2D eigenvalue weighted by Crippen LogP contribution is -2.53. The van der Waals surface area contributed by atoms with Crippen molar-refractivity contribution >= 4 is 17.2 Å². The molecule has 0 spiro atoms. The average molecular weight is 289 g/mol. The summed E-state index contributed by atoms with van der Waals surface area (Å²) in [5, 5.41) is 0. The van der Waals surface area contributed by atoms with Crippen LogP contribution in [0.3, 0.4) is 0 Å². The third-order valence-corrected chi connectivity index (χ3v) is 4.01. The lowest BCUT2D eigenvalue weighted by molar-refractivity contribution is -0.142. The van der Waals surface area contributed by atoms with Gasteiger partial charge in [0.1, 0.15) is 11.8 Å². The van der Waals surface area contributed by atoms with Gasteiger partial charge in [-0.1, -0.05) is 6.08 Å². The van der Waals surface area contributed by atoms with Gasteiger partial charge in [0.15, 0.2) is 0 Å². The molecule has 0 unspecified atom stereocenters. The summed E-state index contributed by atoms with van der Waals surface area (Å²) in [4.78, 5) is 14.1. The third kappa shape index (κ3) is 2.62. The lowest BCUT2D eigenvalue weighted by Gasteiger charge is -2.45. The monoisotopic (exact) mass is 289 g/mol. The lowest BCUT2D eigenvalue weighted by atomic mass is 9.87. The Morgan fingerprint density at radius 1 is 1.29 bits per heavy atom. The highest BCUT2D eigenvalue weighted by Gasteiger charge is 2.37. The molecule has 4 heteroatoms. The zero-order valence-corrected chi connectivity index (χ0v) is 13.6. The van der Waals surface area contributed by atoms with Crippen LogP contribution in [0.1, 0.15) is 33.3 Å². The molecular weight excluding hydrogens is 266 g/mol. The van der Waals surface area contributed by atoms with E-state index in [1.165, 1.54) is 12.7 Å². The highest BCUT2D eigenvalue weighted by atomic mass is 16.5. The highest BCUT2D eigenvalue weighted by molar-refractivity contribution is 5.87. The van der Waals surface area contributed by atoms with Crippen LogP contribution >= 0.6 is 0 Å². The number of anilines is 1. The Labute approximate surface area is 126 Å². The number of hydrogen-bond acceptors (Lipinski definition) is 4. The van der Waals surface area contributed by atoms with Gasteiger partial charge in [0.05, 0.1) is 19.8 Å². The van der Waals surface area contributed by atoms with Crippen LogP contribution < -0.4 is 9.64 Å². The molecule has 0 fully saturated rings. The van der Waals surface area contributed by atoms with Crippen molar-refractivity contribution in [1.29, 1.82) is 0 Å². The minimum atomic E-state index is -0.375. The van der Waals surface area contributed by atoms with E-state index in [-0.39, 0.29) is 17.6 Å². The molecule has 21 heavy (non-hydrogen) atoms. The second-order valence-corrected chi connectivity index (χ2v) is 5.93. The molecule has 0 saturated carbocycles. The van der Waals surface area contributed by atoms with E-state index in [2.05, 4.69) is 31.7 Å². The number of methoxy groups -OCH3 is 2. The van der Waals surface area contributed by atoms with Crippen molar-refractivity contribution in [2.24, 2.45) is 0 Å². The number of fused-ring (bicyclic) bond motifs is 1. The summed E-state index contributed by atoms with van der Waals surface area (Å²) in [6, 6.07) is 5.58. The van der Waals surface area contributed by atoms with Crippen LogP contribution in [0.25, 0.3) is 5.57 Å². The van der Waals surface area contributed by atoms with Crippen molar-refractivity contribution in [3.8, 4) is 5.75 Å². The van der Waals surface area contributed by atoms with Crippen LogP contribution in [0.4, 0.5) is 5.69 Å². The van der Waals surface area contributed by atoms with Crippen LogP contribution in [0.5, 0.6) is 5.75 Å². The Hall–Kier alpha value is -1.97. The van der Waals surface area contributed by atoms with Crippen molar-refractivity contribution in [2.75, 3.05) is 19.1 Å². The molecule has 0 aromatic heterocycles. The molecule has 1 heterocycles. The summed E-state index contributed by atoms with van der Waals surface area (Å²) < 4.78 is 10.3. The molecule has 1 aliphatic heterocycles. The van der Waals surface area contributed by atoms with E-state index in [4.69, 9.17) is 9.47 Å². The minimum Gasteiger partial charge on any atom is -0.497 e. The summed E-state index contributed by atoms with van der Waals surface area (Å²) in [6.45, 7) is 8.15. The van der Waals surface area contributed by atoms with E-state index in [1.807, 2.05) is 25.1 Å². The van der Waals surface area contributed by atoms with Gasteiger partial charge in [0.2, 0.25) is 0 Å². The number of esters is 1.